The Labute approximate surface area is 104 Å². The molecule has 0 spiro atoms. The van der Waals surface area contributed by atoms with E-state index in [1.165, 1.54) is 0 Å². The van der Waals surface area contributed by atoms with Crippen molar-refractivity contribution in [2.45, 2.75) is 26.1 Å². The van der Waals surface area contributed by atoms with Gasteiger partial charge in [0.25, 0.3) is 0 Å². The van der Waals surface area contributed by atoms with Crippen molar-refractivity contribution in [3.8, 4) is 0 Å². The highest BCUT2D eigenvalue weighted by Gasteiger charge is 2.33. The summed E-state index contributed by atoms with van der Waals surface area (Å²) >= 11 is 0. The van der Waals surface area contributed by atoms with Crippen LogP contribution in [0.25, 0.3) is 0 Å². The van der Waals surface area contributed by atoms with Gasteiger partial charge in [0, 0.05) is 32.4 Å². The molecule has 1 rings (SSSR count). The Morgan fingerprint density at radius 2 is 2.06 bits per heavy atom. The molecular weight excluding hydrogens is 245 g/mol. The Morgan fingerprint density at radius 3 is 2.61 bits per heavy atom. The number of nitrogens with zero attached hydrogens (tertiary/aromatic N) is 3. The van der Waals surface area contributed by atoms with Crippen LogP contribution in [0, 0.1) is 0 Å². The number of alkyl halides is 3. The number of halogens is 3. The molecule has 102 valence electrons. The maximum Gasteiger partial charge on any atom is 0.433 e. The van der Waals surface area contributed by atoms with Crippen LogP contribution < -0.4 is 10.2 Å². The first-order chi connectivity index (χ1) is 8.30. The van der Waals surface area contributed by atoms with Crippen LogP contribution in [0.2, 0.25) is 0 Å². The van der Waals surface area contributed by atoms with E-state index in [1.54, 1.807) is 11.9 Å². The third-order valence-electron chi connectivity index (χ3n) is 2.27. The fraction of sp³-hybridized carbons (Fsp3) is 0.636. The van der Waals surface area contributed by atoms with Crippen molar-refractivity contribution in [3.63, 3.8) is 0 Å². The number of aromatic nitrogens is 2. The van der Waals surface area contributed by atoms with Gasteiger partial charge in [-0.1, -0.05) is 13.8 Å². The highest BCUT2D eigenvalue weighted by Crippen LogP contribution is 2.27. The van der Waals surface area contributed by atoms with Crippen molar-refractivity contribution in [3.05, 3.63) is 18.0 Å². The van der Waals surface area contributed by atoms with Gasteiger partial charge in [0.2, 0.25) is 5.95 Å². The molecule has 1 aromatic rings. The van der Waals surface area contributed by atoms with Crippen LogP contribution in [0.5, 0.6) is 0 Å². The molecule has 18 heavy (non-hydrogen) atoms. The zero-order valence-corrected chi connectivity index (χ0v) is 10.6. The first-order valence-corrected chi connectivity index (χ1v) is 5.65. The third-order valence-corrected chi connectivity index (χ3v) is 2.27. The average Bonchev–Trinajstić information content (AvgIpc) is 2.27. The Balaban J connectivity index is 2.66. The monoisotopic (exact) mass is 262 g/mol. The molecule has 0 aliphatic rings. The lowest BCUT2D eigenvalue weighted by molar-refractivity contribution is -0.141. The average molecular weight is 262 g/mol. The number of hydrogen-bond donors (Lipinski definition) is 1. The van der Waals surface area contributed by atoms with Crippen LogP contribution in [-0.4, -0.2) is 36.1 Å². The smallest absolute Gasteiger partial charge is 0.343 e. The topological polar surface area (TPSA) is 41.0 Å². The van der Waals surface area contributed by atoms with Crippen LogP contribution in [0.3, 0.4) is 0 Å². The summed E-state index contributed by atoms with van der Waals surface area (Å²) in [4.78, 5) is 8.93. The highest BCUT2D eigenvalue weighted by molar-refractivity contribution is 5.29. The lowest BCUT2D eigenvalue weighted by atomic mass is 10.4. The van der Waals surface area contributed by atoms with Gasteiger partial charge < -0.3 is 10.2 Å². The van der Waals surface area contributed by atoms with E-state index in [-0.39, 0.29) is 5.95 Å². The van der Waals surface area contributed by atoms with Gasteiger partial charge in [0.05, 0.1) is 0 Å². The molecule has 0 atom stereocenters. The summed E-state index contributed by atoms with van der Waals surface area (Å²) in [5.41, 5.74) is -0.920. The van der Waals surface area contributed by atoms with Crippen LogP contribution >= 0.6 is 0 Å². The van der Waals surface area contributed by atoms with E-state index < -0.39 is 11.9 Å². The van der Waals surface area contributed by atoms with Gasteiger partial charge in [-0.2, -0.15) is 13.2 Å². The molecule has 0 aliphatic carbocycles. The molecule has 0 radical (unpaired) electrons. The molecule has 7 heteroatoms. The molecule has 0 aromatic carbocycles. The van der Waals surface area contributed by atoms with Gasteiger partial charge >= 0.3 is 6.18 Å². The summed E-state index contributed by atoms with van der Waals surface area (Å²) in [5, 5.41) is 3.17. The Kier molecular flexibility index (Phi) is 4.89. The molecule has 0 bridgehead atoms. The molecule has 1 aromatic heterocycles. The van der Waals surface area contributed by atoms with E-state index in [1.807, 2.05) is 13.8 Å². The molecule has 4 nitrogen and oxygen atoms in total. The van der Waals surface area contributed by atoms with E-state index in [0.29, 0.717) is 19.1 Å². The lowest BCUT2D eigenvalue weighted by Gasteiger charge is -2.19. The lowest BCUT2D eigenvalue weighted by Crippen LogP contribution is -2.33. The van der Waals surface area contributed by atoms with Crippen LogP contribution in [0.1, 0.15) is 19.5 Å². The maximum atomic E-state index is 12.5. The standard InChI is InChI=1S/C11H17F3N4/c1-8(2)15-6-7-18(3)10-16-5-4-9(17-10)11(12,13)14/h4-5,8,15H,6-7H2,1-3H3. The Bertz CT molecular complexity index is 379. The predicted octanol–water partition coefficient (Wildman–Crippen LogP) is 1.93. The second-order valence-corrected chi connectivity index (χ2v) is 4.27. The SMILES string of the molecule is CC(C)NCCN(C)c1nccc(C(F)(F)F)n1. The van der Waals surface area contributed by atoms with E-state index in [2.05, 4.69) is 15.3 Å². The van der Waals surface area contributed by atoms with Crippen molar-refractivity contribution < 1.29 is 13.2 Å². The van der Waals surface area contributed by atoms with E-state index >= 15 is 0 Å². The van der Waals surface area contributed by atoms with Gasteiger partial charge in [-0.25, -0.2) is 9.97 Å². The van der Waals surface area contributed by atoms with E-state index in [0.717, 1.165) is 12.3 Å². The molecule has 0 fully saturated rings. The molecule has 0 saturated carbocycles. The van der Waals surface area contributed by atoms with Gasteiger partial charge in [0.1, 0.15) is 5.69 Å². The first kappa shape index (κ1) is 14.7. The minimum Gasteiger partial charge on any atom is -0.343 e. The van der Waals surface area contributed by atoms with E-state index in [9.17, 15) is 13.2 Å². The molecule has 0 saturated heterocycles. The van der Waals surface area contributed by atoms with Crippen molar-refractivity contribution in [2.24, 2.45) is 0 Å². The number of likely N-dealkylation sites (N-methyl/N-ethyl adjacent to an activating group) is 1. The highest BCUT2D eigenvalue weighted by atomic mass is 19.4. The number of nitrogens with one attached hydrogen (secondary N) is 1. The second kappa shape index (κ2) is 5.99. The zero-order chi connectivity index (χ0) is 13.8. The first-order valence-electron chi connectivity index (χ1n) is 5.65. The summed E-state index contributed by atoms with van der Waals surface area (Å²) in [6.45, 7) is 5.20. The number of rotatable bonds is 5. The van der Waals surface area contributed by atoms with E-state index in [4.69, 9.17) is 0 Å². The normalized spacial score (nSPS) is 11.9. The van der Waals surface area contributed by atoms with Crippen LogP contribution in [0.15, 0.2) is 12.3 Å². The summed E-state index contributed by atoms with van der Waals surface area (Å²) < 4.78 is 37.4. The molecule has 1 N–H and O–H groups in total. The Hall–Kier alpha value is -1.37. The second-order valence-electron chi connectivity index (χ2n) is 4.27. The van der Waals surface area contributed by atoms with Crippen molar-refractivity contribution in [1.82, 2.24) is 15.3 Å². The molecular formula is C11H17F3N4. The predicted molar refractivity (Wildman–Crippen MR) is 63.4 cm³/mol. The molecule has 0 aliphatic heterocycles. The van der Waals surface area contributed by atoms with Crippen LogP contribution in [0.4, 0.5) is 19.1 Å². The largest absolute Gasteiger partial charge is 0.433 e. The Morgan fingerprint density at radius 1 is 1.39 bits per heavy atom. The van der Waals surface area contributed by atoms with Gasteiger partial charge in [-0.05, 0) is 6.07 Å². The van der Waals surface area contributed by atoms with Crippen LogP contribution in [-0.2, 0) is 6.18 Å². The summed E-state index contributed by atoms with van der Waals surface area (Å²) in [6.07, 6.45) is -3.31. The summed E-state index contributed by atoms with van der Waals surface area (Å²) in [7, 11) is 1.66. The summed E-state index contributed by atoms with van der Waals surface area (Å²) in [6, 6.07) is 1.20. The third kappa shape index (κ3) is 4.48. The van der Waals surface area contributed by atoms with Crippen molar-refractivity contribution >= 4 is 5.95 Å². The number of hydrogen-bond acceptors (Lipinski definition) is 4. The quantitative estimate of drug-likeness (QED) is 0.880. The molecule has 0 unspecified atom stereocenters. The van der Waals surface area contributed by atoms with Gasteiger partial charge in [0.15, 0.2) is 0 Å². The van der Waals surface area contributed by atoms with Crippen molar-refractivity contribution in [1.29, 1.82) is 0 Å². The fourth-order valence-corrected chi connectivity index (χ4v) is 1.31. The van der Waals surface area contributed by atoms with Gasteiger partial charge in [-0.3, -0.25) is 0 Å². The fourth-order valence-electron chi connectivity index (χ4n) is 1.31. The minimum atomic E-state index is -4.44. The molecule has 0 amide bonds. The molecule has 1 heterocycles. The maximum absolute atomic E-state index is 12.5. The number of anilines is 1. The van der Waals surface area contributed by atoms with Crippen molar-refractivity contribution in [2.75, 3.05) is 25.0 Å². The summed E-state index contributed by atoms with van der Waals surface area (Å²) in [5.74, 6) is 0.0791. The zero-order valence-electron chi connectivity index (χ0n) is 10.6. The minimum absolute atomic E-state index is 0.0791. The van der Waals surface area contributed by atoms with Gasteiger partial charge in [-0.15, -0.1) is 0 Å².